The zero-order valence-electron chi connectivity index (χ0n) is 9.07. The Bertz CT molecular complexity index is 433. The molecule has 4 nitrogen and oxygen atoms in total. The molecule has 0 spiro atoms. The Morgan fingerprint density at radius 3 is 2.62 bits per heavy atom. The van der Waals surface area contributed by atoms with E-state index in [1.54, 1.807) is 19.1 Å². The fourth-order valence-corrected chi connectivity index (χ4v) is 1.66. The molecule has 0 heterocycles. The van der Waals surface area contributed by atoms with Crippen LogP contribution in [-0.2, 0) is 10.2 Å². The van der Waals surface area contributed by atoms with E-state index in [0.29, 0.717) is 12.0 Å². The SMILES string of the molecule is CCC(C)(C(=O)Cl)c1cccc([N+](=O)[O-])c1. The number of non-ortho nitro benzene ring substituents is 1. The monoisotopic (exact) mass is 241 g/mol. The molecule has 1 aromatic carbocycles. The van der Waals surface area contributed by atoms with Crippen LogP contribution in [0.2, 0.25) is 0 Å². The van der Waals surface area contributed by atoms with Crippen LogP contribution in [0.15, 0.2) is 24.3 Å². The van der Waals surface area contributed by atoms with E-state index in [4.69, 9.17) is 11.6 Å². The predicted molar refractivity (Wildman–Crippen MR) is 61.6 cm³/mol. The van der Waals surface area contributed by atoms with E-state index in [1.807, 2.05) is 6.92 Å². The highest BCUT2D eigenvalue weighted by atomic mass is 35.5. The number of carbonyl (C=O) groups is 1. The van der Waals surface area contributed by atoms with Gasteiger partial charge in [0, 0.05) is 12.1 Å². The molecule has 0 radical (unpaired) electrons. The van der Waals surface area contributed by atoms with Crippen LogP contribution in [0.5, 0.6) is 0 Å². The van der Waals surface area contributed by atoms with Crippen molar-refractivity contribution >= 4 is 22.5 Å². The molecule has 0 aliphatic heterocycles. The lowest BCUT2D eigenvalue weighted by molar-refractivity contribution is -0.384. The molecule has 5 heteroatoms. The van der Waals surface area contributed by atoms with Crippen LogP contribution >= 0.6 is 11.6 Å². The number of nitro groups is 1. The van der Waals surface area contributed by atoms with Crippen molar-refractivity contribution in [2.45, 2.75) is 25.7 Å². The molecule has 0 aliphatic carbocycles. The Morgan fingerprint density at radius 2 is 2.19 bits per heavy atom. The second kappa shape index (κ2) is 4.61. The lowest BCUT2D eigenvalue weighted by Crippen LogP contribution is -2.28. The number of hydrogen-bond acceptors (Lipinski definition) is 3. The highest BCUT2D eigenvalue weighted by molar-refractivity contribution is 6.65. The molecule has 0 fully saturated rings. The molecule has 0 N–H and O–H groups in total. The first-order chi connectivity index (χ1) is 7.41. The van der Waals surface area contributed by atoms with Crippen LogP contribution in [0, 0.1) is 10.1 Å². The zero-order chi connectivity index (χ0) is 12.3. The lowest BCUT2D eigenvalue weighted by atomic mass is 9.81. The van der Waals surface area contributed by atoms with Gasteiger partial charge in [-0.2, -0.15) is 0 Å². The molecule has 0 aromatic heterocycles. The molecule has 1 atom stereocenters. The highest BCUT2D eigenvalue weighted by Crippen LogP contribution is 2.31. The average molecular weight is 242 g/mol. The van der Waals surface area contributed by atoms with Crippen molar-refractivity contribution in [3.8, 4) is 0 Å². The average Bonchev–Trinajstić information content (AvgIpc) is 2.27. The molecular weight excluding hydrogens is 230 g/mol. The van der Waals surface area contributed by atoms with Crippen molar-refractivity contribution < 1.29 is 9.72 Å². The number of halogens is 1. The van der Waals surface area contributed by atoms with E-state index in [9.17, 15) is 14.9 Å². The predicted octanol–water partition coefficient (Wildman–Crippen LogP) is 3.03. The minimum Gasteiger partial charge on any atom is -0.280 e. The second-order valence-corrected chi connectivity index (χ2v) is 4.11. The maximum absolute atomic E-state index is 11.4. The quantitative estimate of drug-likeness (QED) is 0.462. The number of hydrogen-bond donors (Lipinski definition) is 0. The van der Waals surface area contributed by atoms with Crippen molar-refractivity contribution in [3.05, 3.63) is 39.9 Å². The van der Waals surface area contributed by atoms with Gasteiger partial charge in [-0.25, -0.2) is 0 Å². The van der Waals surface area contributed by atoms with Gasteiger partial charge < -0.3 is 0 Å². The van der Waals surface area contributed by atoms with Crippen molar-refractivity contribution in [3.63, 3.8) is 0 Å². The van der Waals surface area contributed by atoms with Gasteiger partial charge in [-0.3, -0.25) is 14.9 Å². The number of nitrogens with zero attached hydrogens (tertiary/aromatic N) is 1. The normalized spacial score (nSPS) is 14.2. The summed E-state index contributed by atoms with van der Waals surface area (Å²) in [5.74, 6) is 0. The molecule has 0 aliphatic rings. The zero-order valence-corrected chi connectivity index (χ0v) is 9.82. The number of rotatable bonds is 4. The molecule has 0 saturated carbocycles. The Morgan fingerprint density at radius 1 is 1.56 bits per heavy atom. The largest absolute Gasteiger partial charge is 0.280 e. The maximum atomic E-state index is 11.4. The van der Waals surface area contributed by atoms with Crippen LogP contribution in [-0.4, -0.2) is 10.2 Å². The molecule has 86 valence electrons. The van der Waals surface area contributed by atoms with Gasteiger partial charge in [-0.05, 0) is 30.5 Å². The van der Waals surface area contributed by atoms with Crippen LogP contribution in [0.4, 0.5) is 5.69 Å². The summed E-state index contributed by atoms with van der Waals surface area (Å²) in [7, 11) is 0. The summed E-state index contributed by atoms with van der Waals surface area (Å²) in [6.45, 7) is 3.50. The lowest BCUT2D eigenvalue weighted by Gasteiger charge is -2.23. The standard InChI is InChI=1S/C11H12ClNO3/c1-3-11(2,10(12)14)8-5-4-6-9(7-8)13(15)16/h4-7H,3H2,1-2H3. The van der Waals surface area contributed by atoms with Crippen molar-refractivity contribution in [1.29, 1.82) is 0 Å². The topological polar surface area (TPSA) is 60.2 Å². The summed E-state index contributed by atoms with van der Waals surface area (Å²) in [5.41, 5.74) is -0.326. The van der Waals surface area contributed by atoms with Gasteiger partial charge in [0.05, 0.1) is 10.3 Å². The summed E-state index contributed by atoms with van der Waals surface area (Å²) >= 11 is 5.54. The molecule has 1 rings (SSSR count). The fourth-order valence-electron chi connectivity index (χ4n) is 1.42. The Labute approximate surface area is 98.4 Å². The molecule has 16 heavy (non-hydrogen) atoms. The highest BCUT2D eigenvalue weighted by Gasteiger charge is 2.32. The van der Waals surface area contributed by atoms with E-state index >= 15 is 0 Å². The molecule has 0 bridgehead atoms. The summed E-state index contributed by atoms with van der Waals surface area (Å²) in [6.07, 6.45) is 0.497. The van der Waals surface area contributed by atoms with Crippen LogP contribution in [0.1, 0.15) is 25.8 Å². The molecule has 0 amide bonds. The van der Waals surface area contributed by atoms with Crippen molar-refractivity contribution in [2.75, 3.05) is 0 Å². The first-order valence-electron chi connectivity index (χ1n) is 4.86. The first kappa shape index (κ1) is 12.6. The van der Waals surface area contributed by atoms with Gasteiger partial charge in [0.25, 0.3) is 5.69 Å². The van der Waals surface area contributed by atoms with Gasteiger partial charge >= 0.3 is 0 Å². The van der Waals surface area contributed by atoms with E-state index in [-0.39, 0.29) is 5.69 Å². The summed E-state index contributed by atoms with van der Waals surface area (Å²) in [5, 5.41) is 10.1. The molecular formula is C11H12ClNO3. The van der Waals surface area contributed by atoms with Crippen LogP contribution < -0.4 is 0 Å². The summed E-state index contributed by atoms with van der Waals surface area (Å²) in [6, 6.07) is 6.01. The van der Waals surface area contributed by atoms with Gasteiger partial charge in [0.1, 0.15) is 0 Å². The van der Waals surface area contributed by atoms with Gasteiger partial charge in [-0.1, -0.05) is 19.1 Å². The Kier molecular flexibility index (Phi) is 3.65. The van der Waals surface area contributed by atoms with Crippen molar-refractivity contribution in [2.24, 2.45) is 0 Å². The smallest absolute Gasteiger partial charge is 0.269 e. The Balaban J connectivity index is 3.26. The molecule has 1 aromatic rings. The number of carbonyl (C=O) groups excluding carboxylic acids is 1. The van der Waals surface area contributed by atoms with E-state index < -0.39 is 15.6 Å². The van der Waals surface area contributed by atoms with Gasteiger partial charge in [0.15, 0.2) is 0 Å². The third-order valence-electron chi connectivity index (χ3n) is 2.84. The number of nitro benzene ring substituents is 1. The first-order valence-corrected chi connectivity index (χ1v) is 5.24. The summed E-state index contributed by atoms with van der Waals surface area (Å²) in [4.78, 5) is 21.5. The van der Waals surface area contributed by atoms with E-state index in [0.717, 1.165) is 0 Å². The van der Waals surface area contributed by atoms with Gasteiger partial charge in [0.2, 0.25) is 5.24 Å². The summed E-state index contributed by atoms with van der Waals surface area (Å²) < 4.78 is 0. The minimum atomic E-state index is -0.867. The van der Waals surface area contributed by atoms with Crippen molar-refractivity contribution in [1.82, 2.24) is 0 Å². The molecule has 0 saturated heterocycles. The Hall–Kier alpha value is -1.42. The third kappa shape index (κ3) is 2.22. The fraction of sp³-hybridized carbons (Fsp3) is 0.364. The number of benzene rings is 1. The van der Waals surface area contributed by atoms with E-state index in [1.165, 1.54) is 12.1 Å². The van der Waals surface area contributed by atoms with E-state index in [2.05, 4.69) is 0 Å². The third-order valence-corrected chi connectivity index (χ3v) is 3.25. The molecule has 1 unspecified atom stereocenters. The van der Waals surface area contributed by atoms with Crippen LogP contribution in [0.25, 0.3) is 0 Å². The van der Waals surface area contributed by atoms with Crippen LogP contribution in [0.3, 0.4) is 0 Å². The van der Waals surface area contributed by atoms with Gasteiger partial charge in [-0.15, -0.1) is 0 Å². The maximum Gasteiger partial charge on any atom is 0.269 e. The minimum absolute atomic E-state index is 0.0323. The second-order valence-electron chi connectivity index (χ2n) is 3.77.